The molecular formula is C38H46ClN7O2. The number of piperidine rings is 2. The fourth-order valence-electron chi connectivity index (χ4n) is 8.39. The standard InChI is InChI=1S/C38H46ClN7O2/c39-31-13-10-28(11-14-31)24-35(42-32-16-20-44(21-17-32)36(47)34-15-12-29-6-4-5-9-33(29)43-34)37(48)45-22-18-38(19-23-45,25-46-27-40-26-41-46)30-7-2-1-3-8-30/h4-6,9-15,26-27,30,32,35,42H,1-3,7-8,16-25H2/t35-/m1/s1. The number of nitrogens with one attached hydrogen (secondary N) is 1. The number of nitrogens with zero attached hydrogens (tertiary/aromatic N) is 6. The van der Waals surface area contributed by atoms with Crippen molar-refractivity contribution < 1.29 is 9.59 Å². The molecule has 2 aromatic carbocycles. The zero-order valence-electron chi connectivity index (χ0n) is 27.6. The fraction of sp³-hybridized carbons (Fsp3) is 0.500. The van der Waals surface area contributed by atoms with Crippen LogP contribution in [0.2, 0.25) is 5.02 Å². The largest absolute Gasteiger partial charge is 0.341 e. The van der Waals surface area contributed by atoms with Crippen molar-refractivity contribution in [3.05, 3.63) is 89.6 Å². The zero-order chi connectivity index (χ0) is 32.9. The van der Waals surface area contributed by atoms with Gasteiger partial charge in [0.05, 0.1) is 11.6 Å². The molecule has 48 heavy (non-hydrogen) atoms. The molecule has 1 aliphatic carbocycles. The van der Waals surface area contributed by atoms with E-state index in [2.05, 4.69) is 25.3 Å². The molecule has 2 aliphatic heterocycles. The van der Waals surface area contributed by atoms with Crippen LogP contribution in [0.15, 0.2) is 73.3 Å². The molecule has 2 amide bonds. The summed E-state index contributed by atoms with van der Waals surface area (Å²) in [7, 11) is 0. The third kappa shape index (κ3) is 7.42. The number of halogens is 1. The highest BCUT2D eigenvalue weighted by atomic mass is 35.5. The summed E-state index contributed by atoms with van der Waals surface area (Å²) in [5.74, 6) is 0.795. The van der Waals surface area contributed by atoms with Crippen LogP contribution >= 0.6 is 11.6 Å². The Morgan fingerprint density at radius 3 is 2.35 bits per heavy atom. The number of carbonyl (C=O) groups excluding carboxylic acids is 2. The number of fused-ring (bicyclic) bond motifs is 1. The summed E-state index contributed by atoms with van der Waals surface area (Å²) in [5, 5.41) is 9.95. The van der Waals surface area contributed by atoms with Crippen LogP contribution in [0.4, 0.5) is 0 Å². The van der Waals surface area contributed by atoms with E-state index < -0.39 is 0 Å². The van der Waals surface area contributed by atoms with E-state index in [1.54, 1.807) is 6.33 Å². The van der Waals surface area contributed by atoms with Gasteiger partial charge in [-0.3, -0.25) is 14.3 Å². The molecule has 4 aromatic rings. The summed E-state index contributed by atoms with van der Waals surface area (Å²) in [4.78, 5) is 40.6. The van der Waals surface area contributed by atoms with E-state index in [0.29, 0.717) is 36.1 Å². The minimum Gasteiger partial charge on any atom is -0.341 e. The van der Waals surface area contributed by atoms with Gasteiger partial charge in [-0.25, -0.2) is 9.97 Å². The normalized spacial score (nSPS) is 19.8. The molecule has 3 fully saturated rings. The van der Waals surface area contributed by atoms with Crippen molar-refractivity contribution in [1.82, 2.24) is 34.9 Å². The topological polar surface area (TPSA) is 96.2 Å². The first-order valence-corrected chi connectivity index (χ1v) is 18.1. The van der Waals surface area contributed by atoms with Gasteiger partial charge < -0.3 is 15.1 Å². The fourth-order valence-corrected chi connectivity index (χ4v) is 8.52. The summed E-state index contributed by atoms with van der Waals surface area (Å²) in [6.45, 7) is 3.65. The highest BCUT2D eigenvalue weighted by Crippen LogP contribution is 2.47. The van der Waals surface area contributed by atoms with E-state index in [1.165, 1.54) is 32.1 Å². The van der Waals surface area contributed by atoms with Gasteiger partial charge in [0.15, 0.2) is 0 Å². The lowest BCUT2D eigenvalue weighted by atomic mass is 9.63. The number of amides is 2. The van der Waals surface area contributed by atoms with Crippen LogP contribution in [0, 0.1) is 11.3 Å². The first-order valence-electron chi connectivity index (χ1n) is 17.7. The average Bonchev–Trinajstić information content (AvgIpc) is 3.65. The van der Waals surface area contributed by atoms with E-state index in [4.69, 9.17) is 11.6 Å². The maximum absolute atomic E-state index is 14.3. The first kappa shape index (κ1) is 32.7. The van der Waals surface area contributed by atoms with Gasteiger partial charge in [-0.15, -0.1) is 0 Å². The molecule has 3 aliphatic rings. The average molecular weight is 668 g/mol. The SMILES string of the molecule is O=C(c1ccc2ccccc2n1)N1CCC(N[C@H](Cc2ccc(Cl)cc2)C(=O)N2CCC(Cn3cncn3)(C3CCCCC3)CC2)CC1. The van der Waals surface area contributed by atoms with Gasteiger partial charge >= 0.3 is 0 Å². The zero-order valence-corrected chi connectivity index (χ0v) is 28.4. The van der Waals surface area contributed by atoms with Crippen LogP contribution < -0.4 is 5.32 Å². The minimum absolute atomic E-state index is 0.0337. The molecule has 7 rings (SSSR count). The molecule has 0 radical (unpaired) electrons. The van der Waals surface area contributed by atoms with Crippen LogP contribution in [-0.4, -0.2) is 79.6 Å². The van der Waals surface area contributed by atoms with Crippen molar-refractivity contribution in [1.29, 1.82) is 0 Å². The van der Waals surface area contributed by atoms with Crippen molar-refractivity contribution in [2.24, 2.45) is 11.3 Å². The van der Waals surface area contributed by atoms with E-state index in [-0.39, 0.29) is 29.3 Å². The smallest absolute Gasteiger partial charge is 0.272 e. The number of hydrogen-bond donors (Lipinski definition) is 1. The third-order valence-electron chi connectivity index (χ3n) is 11.2. The Morgan fingerprint density at radius 1 is 0.875 bits per heavy atom. The Kier molecular flexibility index (Phi) is 10.0. The Hall–Kier alpha value is -3.82. The van der Waals surface area contributed by atoms with Gasteiger partial charge in [0.1, 0.15) is 18.3 Å². The molecule has 1 saturated carbocycles. The molecule has 0 spiro atoms. The first-order chi connectivity index (χ1) is 23.5. The maximum atomic E-state index is 14.3. The second kappa shape index (κ2) is 14.7. The summed E-state index contributed by atoms with van der Waals surface area (Å²) in [6.07, 6.45) is 14.0. The molecule has 2 aromatic heterocycles. The van der Waals surface area contributed by atoms with Crippen LogP contribution in [-0.2, 0) is 17.8 Å². The number of hydrogen-bond acceptors (Lipinski definition) is 6. The van der Waals surface area contributed by atoms with E-state index in [0.717, 1.165) is 61.8 Å². The molecule has 252 valence electrons. The lowest BCUT2D eigenvalue weighted by Crippen LogP contribution is -2.56. The summed E-state index contributed by atoms with van der Waals surface area (Å²) < 4.78 is 2.00. The van der Waals surface area contributed by atoms with E-state index in [9.17, 15) is 9.59 Å². The van der Waals surface area contributed by atoms with Gasteiger partial charge in [-0.2, -0.15) is 5.10 Å². The predicted molar refractivity (Wildman–Crippen MR) is 188 cm³/mol. The van der Waals surface area contributed by atoms with Crippen LogP contribution in [0.1, 0.15) is 73.8 Å². The second-order valence-corrected chi connectivity index (χ2v) is 14.6. The lowest BCUT2D eigenvalue weighted by Gasteiger charge is -2.48. The molecule has 1 N–H and O–H groups in total. The van der Waals surface area contributed by atoms with Gasteiger partial charge in [0.25, 0.3) is 5.91 Å². The van der Waals surface area contributed by atoms with Gasteiger partial charge in [0.2, 0.25) is 5.91 Å². The van der Waals surface area contributed by atoms with Crippen LogP contribution in [0.3, 0.4) is 0 Å². The highest BCUT2D eigenvalue weighted by Gasteiger charge is 2.44. The summed E-state index contributed by atoms with van der Waals surface area (Å²) in [5.41, 5.74) is 2.54. The Balaban J connectivity index is 1.01. The van der Waals surface area contributed by atoms with Crippen LogP contribution in [0.25, 0.3) is 10.9 Å². The molecule has 0 unspecified atom stereocenters. The second-order valence-electron chi connectivity index (χ2n) is 14.1. The number of para-hydroxylation sites is 1. The number of aromatic nitrogens is 4. The number of carbonyl (C=O) groups is 2. The van der Waals surface area contributed by atoms with Gasteiger partial charge in [0, 0.05) is 49.2 Å². The number of pyridine rings is 1. The number of likely N-dealkylation sites (tertiary alicyclic amines) is 2. The lowest BCUT2D eigenvalue weighted by molar-refractivity contribution is -0.137. The van der Waals surface area contributed by atoms with Crippen molar-refractivity contribution >= 4 is 34.3 Å². The maximum Gasteiger partial charge on any atom is 0.272 e. The highest BCUT2D eigenvalue weighted by molar-refractivity contribution is 6.30. The predicted octanol–water partition coefficient (Wildman–Crippen LogP) is 6.17. The third-order valence-corrected chi connectivity index (χ3v) is 11.4. The van der Waals surface area contributed by atoms with Gasteiger partial charge in [-0.05, 0) is 86.1 Å². The summed E-state index contributed by atoms with van der Waals surface area (Å²) in [6, 6.07) is 19.3. The minimum atomic E-state index is -0.349. The van der Waals surface area contributed by atoms with Crippen LogP contribution in [0.5, 0.6) is 0 Å². The molecule has 10 heteroatoms. The van der Waals surface area contributed by atoms with E-state index in [1.807, 2.05) is 76.6 Å². The molecule has 9 nitrogen and oxygen atoms in total. The molecule has 0 bridgehead atoms. The molecular weight excluding hydrogens is 622 g/mol. The van der Waals surface area contributed by atoms with E-state index >= 15 is 0 Å². The molecule has 1 atom stereocenters. The van der Waals surface area contributed by atoms with Crippen molar-refractivity contribution in [2.45, 2.75) is 82.8 Å². The number of rotatable bonds is 9. The molecule has 4 heterocycles. The summed E-state index contributed by atoms with van der Waals surface area (Å²) >= 11 is 6.20. The van der Waals surface area contributed by atoms with Gasteiger partial charge in [-0.1, -0.05) is 67.3 Å². The molecule has 2 saturated heterocycles. The van der Waals surface area contributed by atoms with Crippen molar-refractivity contribution in [3.8, 4) is 0 Å². The van der Waals surface area contributed by atoms with Crippen molar-refractivity contribution in [3.63, 3.8) is 0 Å². The monoisotopic (exact) mass is 667 g/mol. The number of benzene rings is 2. The quantitative estimate of drug-likeness (QED) is 0.229. The van der Waals surface area contributed by atoms with Crippen molar-refractivity contribution in [2.75, 3.05) is 26.2 Å². The Labute approximate surface area is 288 Å². The Morgan fingerprint density at radius 2 is 1.62 bits per heavy atom. The Bertz CT molecular complexity index is 1670.